The summed E-state index contributed by atoms with van der Waals surface area (Å²) in [5.41, 5.74) is 0. The van der Waals surface area contributed by atoms with Crippen LogP contribution < -0.4 is 14.8 Å². The van der Waals surface area contributed by atoms with Crippen molar-refractivity contribution in [3.8, 4) is 11.5 Å². The van der Waals surface area contributed by atoms with Crippen LogP contribution in [0, 0.1) is 5.82 Å². The molecule has 0 aliphatic heterocycles. The van der Waals surface area contributed by atoms with E-state index in [2.05, 4.69) is 21.2 Å². The third kappa shape index (κ3) is 6.08. The molecule has 0 aliphatic rings. The SMILES string of the molecule is O=C(COc1ccc(Cl)cc1Br)NCCOc1ccc(F)cc1. The van der Waals surface area contributed by atoms with Crippen LogP contribution in [0.3, 0.4) is 0 Å². The van der Waals surface area contributed by atoms with Crippen molar-refractivity contribution in [1.29, 1.82) is 0 Å². The maximum atomic E-state index is 12.7. The van der Waals surface area contributed by atoms with Gasteiger partial charge in [0.05, 0.1) is 11.0 Å². The van der Waals surface area contributed by atoms with Gasteiger partial charge in [-0.25, -0.2) is 4.39 Å². The molecular weight excluding hydrogens is 389 g/mol. The lowest BCUT2D eigenvalue weighted by Crippen LogP contribution is -2.32. The second kappa shape index (κ2) is 8.74. The normalized spacial score (nSPS) is 10.2. The van der Waals surface area contributed by atoms with E-state index in [0.717, 1.165) is 0 Å². The van der Waals surface area contributed by atoms with E-state index in [1.807, 2.05) is 0 Å². The maximum Gasteiger partial charge on any atom is 0.258 e. The van der Waals surface area contributed by atoms with Gasteiger partial charge in [0.2, 0.25) is 0 Å². The van der Waals surface area contributed by atoms with E-state index in [0.29, 0.717) is 27.5 Å². The van der Waals surface area contributed by atoms with Gasteiger partial charge in [-0.05, 0) is 58.4 Å². The fourth-order valence-corrected chi connectivity index (χ4v) is 2.47. The van der Waals surface area contributed by atoms with Gasteiger partial charge in [0, 0.05) is 5.02 Å². The van der Waals surface area contributed by atoms with Gasteiger partial charge in [-0.15, -0.1) is 0 Å². The lowest BCUT2D eigenvalue weighted by Gasteiger charge is -2.10. The molecule has 0 saturated carbocycles. The highest BCUT2D eigenvalue weighted by Gasteiger charge is 2.06. The fraction of sp³-hybridized carbons (Fsp3) is 0.188. The predicted octanol–water partition coefficient (Wildman–Crippen LogP) is 3.82. The van der Waals surface area contributed by atoms with Gasteiger partial charge in [0.1, 0.15) is 23.9 Å². The molecule has 122 valence electrons. The zero-order valence-corrected chi connectivity index (χ0v) is 14.4. The van der Waals surface area contributed by atoms with Crippen LogP contribution in [0.25, 0.3) is 0 Å². The summed E-state index contributed by atoms with van der Waals surface area (Å²) in [6.07, 6.45) is 0. The van der Waals surface area contributed by atoms with Gasteiger partial charge in [0.25, 0.3) is 5.91 Å². The highest BCUT2D eigenvalue weighted by atomic mass is 79.9. The van der Waals surface area contributed by atoms with E-state index in [-0.39, 0.29) is 24.9 Å². The Balaban J connectivity index is 1.66. The largest absolute Gasteiger partial charge is 0.492 e. The minimum atomic E-state index is -0.323. The van der Waals surface area contributed by atoms with Crippen molar-refractivity contribution in [1.82, 2.24) is 5.32 Å². The number of halogens is 3. The van der Waals surface area contributed by atoms with E-state index in [1.165, 1.54) is 24.3 Å². The maximum absolute atomic E-state index is 12.7. The highest BCUT2D eigenvalue weighted by Crippen LogP contribution is 2.27. The first-order valence-electron chi connectivity index (χ1n) is 6.77. The molecule has 0 bridgehead atoms. The molecule has 0 aliphatic carbocycles. The number of carbonyl (C=O) groups excluding carboxylic acids is 1. The van der Waals surface area contributed by atoms with Crippen molar-refractivity contribution in [2.75, 3.05) is 19.8 Å². The molecular formula is C16H14BrClFNO3. The summed E-state index contributed by atoms with van der Waals surface area (Å²) in [6.45, 7) is 0.486. The molecule has 1 amide bonds. The molecule has 2 aromatic rings. The number of carbonyl (C=O) groups is 1. The van der Waals surface area contributed by atoms with Crippen molar-refractivity contribution >= 4 is 33.4 Å². The average molecular weight is 403 g/mol. The number of hydrogen-bond acceptors (Lipinski definition) is 3. The Morgan fingerprint density at radius 1 is 1.17 bits per heavy atom. The number of ether oxygens (including phenoxy) is 2. The monoisotopic (exact) mass is 401 g/mol. The third-order valence-corrected chi connectivity index (χ3v) is 3.61. The standard InChI is InChI=1S/C16H14BrClFNO3/c17-14-9-11(18)1-6-15(14)23-10-16(21)20-7-8-22-13-4-2-12(19)3-5-13/h1-6,9H,7-8,10H2,(H,20,21). The van der Waals surface area contributed by atoms with E-state index in [1.54, 1.807) is 18.2 Å². The summed E-state index contributed by atoms with van der Waals surface area (Å²) in [6, 6.07) is 10.7. The van der Waals surface area contributed by atoms with E-state index < -0.39 is 0 Å². The van der Waals surface area contributed by atoms with E-state index in [9.17, 15) is 9.18 Å². The zero-order chi connectivity index (χ0) is 16.7. The number of benzene rings is 2. The molecule has 0 spiro atoms. The summed E-state index contributed by atoms with van der Waals surface area (Å²) in [5, 5.41) is 3.24. The molecule has 0 heterocycles. The van der Waals surface area contributed by atoms with Crippen LogP contribution in [-0.4, -0.2) is 25.7 Å². The van der Waals surface area contributed by atoms with Crippen molar-refractivity contribution in [3.63, 3.8) is 0 Å². The fourth-order valence-electron chi connectivity index (χ4n) is 1.68. The molecule has 2 aromatic carbocycles. The van der Waals surface area contributed by atoms with Gasteiger partial charge >= 0.3 is 0 Å². The quantitative estimate of drug-likeness (QED) is 0.716. The Bertz CT molecular complexity index is 667. The van der Waals surface area contributed by atoms with Crippen LogP contribution in [0.15, 0.2) is 46.9 Å². The number of nitrogens with one attached hydrogen (secondary N) is 1. The molecule has 0 aromatic heterocycles. The van der Waals surface area contributed by atoms with Crippen LogP contribution in [0.5, 0.6) is 11.5 Å². The lowest BCUT2D eigenvalue weighted by molar-refractivity contribution is -0.123. The van der Waals surface area contributed by atoms with Gasteiger partial charge in [0.15, 0.2) is 6.61 Å². The van der Waals surface area contributed by atoms with Crippen molar-refractivity contribution in [2.24, 2.45) is 0 Å². The molecule has 23 heavy (non-hydrogen) atoms. The Labute approximate surface area is 146 Å². The molecule has 2 rings (SSSR count). The van der Waals surface area contributed by atoms with Gasteiger partial charge in [-0.1, -0.05) is 11.6 Å². The Kier molecular flexibility index (Phi) is 6.67. The molecule has 0 saturated heterocycles. The first-order valence-corrected chi connectivity index (χ1v) is 7.94. The minimum absolute atomic E-state index is 0.114. The van der Waals surface area contributed by atoms with Crippen LogP contribution in [-0.2, 0) is 4.79 Å². The van der Waals surface area contributed by atoms with Crippen molar-refractivity contribution < 1.29 is 18.7 Å². The summed E-state index contributed by atoms with van der Waals surface area (Å²) in [5.74, 6) is 0.486. The average Bonchev–Trinajstić information content (AvgIpc) is 2.52. The Morgan fingerprint density at radius 3 is 2.61 bits per heavy atom. The second-order valence-electron chi connectivity index (χ2n) is 4.52. The first kappa shape index (κ1) is 17.6. The summed E-state index contributed by atoms with van der Waals surface area (Å²) >= 11 is 9.13. The van der Waals surface area contributed by atoms with Crippen molar-refractivity contribution in [2.45, 2.75) is 0 Å². The molecule has 0 unspecified atom stereocenters. The molecule has 7 heteroatoms. The molecule has 0 atom stereocenters. The van der Waals surface area contributed by atoms with Crippen LogP contribution >= 0.6 is 27.5 Å². The van der Waals surface area contributed by atoms with Crippen LogP contribution in [0.2, 0.25) is 5.02 Å². The Hall–Kier alpha value is -1.79. The van der Waals surface area contributed by atoms with Crippen LogP contribution in [0.1, 0.15) is 0 Å². The lowest BCUT2D eigenvalue weighted by atomic mass is 10.3. The third-order valence-electron chi connectivity index (χ3n) is 2.76. The van der Waals surface area contributed by atoms with E-state index >= 15 is 0 Å². The number of hydrogen-bond donors (Lipinski definition) is 1. The molecule has 4 nitrogen and oxygen atoms in total. The topological polar surface area (TPSA) is 47.6 Å². The molecule has 0 fully saturated rings. The predicted molar refractivity (Wildman–Crippen MR) is 89.6 cm³/mol. The van der Waals surface area contributed by atoms with Gasteiger partial charge in [-0.2, -0.15) is 0 Å². The summed E-state index contributed by atoms with van der Waals surface area (Å²) < 4.78 is 24.1. The number of rotatable bonds is 7. The molecule has 1 N–H and O–H groups in total. The van der Waals surface area contributed by atoms with Crippen LogP contribution in [0.4, 0.5) is 4.39 Å². The van der Waals surface area contributed by atoms with Gasteiger partial charge in [-0.3, -0.25) is 4.79 Å². The Morgan fingerprint density at radius 2 is 1.91 bits per heavy atom. The zero-order valence-electron chi connectivity index (χ0n) is 12.0. The summed E-state index contributed by atoms with van der Waals surface area (Å²) in [7, 11) is 0. The molecule has 0 radical (unpaired) electrons. The summed E-state index contributed by atoms with van der Waals surface area (Å²) in [4.78, 5) is 11.7. The number of amides is 1. The van der Waals surface area contributed by atoms with Crippen molar-refractivity contribution in [3.05, 3.63) is 57.8 Å². The van der Waals surface area contributed by atoms with Gasteiger partial charge < -0.3 is 14.8 Å². The first-order chi connectivity index (χ1) is 11.0. The smallest absolute Gasteiger partial charge is 0.258 e. The second-order valence-corrected chi connectivity index (χ2v) is 5.81. The van der Waals surface area contributed by atoms with E-state index in [4.69, 9.17) is 21.1 Å². The highest BCUT2D eigenvalue weighted by molar-refractivity contribution is 9.10. The minimum Gasteiger partial charge on any atom is -0.492 e.